The second-order valence-corrected chi connectivity index (χ2v) is 10.5. The van der Waals surface area contributed by atoms with Gasteiger partial charge in [0.05, 0.1) is 21.3 Å². The van der Waals surface area contributed by atoms with Crippen molar-refractivity contribution in [3.8, 4) is 10.6 Å². The van der Waals surface area contributed by atoms with Gasteiger partial charge in [0.25, 0.3) is 5.91 Å². The molecule has 4 aromatic rings. The summed E-state index contributed by atoms with van der Waals surface area (Å²) in [5, 5.41) is 16.4. The maximum Gasteiger partial charge on any atom is 0.284 e. The molecule has 4 heterocycles. The van der Waals surface area contributed by atoms with E-state index in [-0.39, 0.29) is 18.0 Å². The highest BCUT2D eigenvalue weighted by atomic mass is 32.1. The summed E-state index contributed by atoms with van der Waals surface area (Å²) < 4.78 is 1.11. The molecule has 0 radical (unpaired) electrons. The molecule has 0 unspecified atom stereocenters. The SMILES string of the molecule is CC(C)Nc1cc(Nc2ccc3ncsc3c2)ncc1-c1nnc(C(=O)N2CCC(N)CC2)s1. The first-order valence-corrected chi connectivity index (χ1v) is 12.9. The average Bonchev–Trinajstić information content (AvgIpc) is 3.48. The molecule has 0 bridgehead atoms. The number of rotatable bonds is 6. The second-order valence-electron chi connectivity index (χ2n) is 8.62. The summed E-state index contributed by atoms with van der Waals surface area (Å²) in [6, 6.07) is 8.37. The zero-order valence-corrected chi connectivity index (χ0v) is 20.6. The molecule has 176 valence electrons. The van der Waals surface area contributed by atoms with Crippen LogP contribution in [0.5, 0.6) is 0 Å². The van der Waals surface area contributed by atoms with E-state index in [1.807, 2.05) is 28.6 Å². The van der Waals surface area contributed by atoms with E-state index in [4.69, 9.17) is 5.73 Å². The smallest absolute Gasteiger partial charge is 0.284 e. The lowest BCUT2D eigenvalue weighted by Crippen LogP contribution is -2.42. The van der Waals surface area contributed by atoms with Gasteiger partial charge in [-0.2, -0.15) is 0 Å². The van der Waals surface area contributed by atoms with Crippen LogP contribution in [0.3, 0.4) is 0 Å². The standard InChI is InChI=1S/C23H26N8OS2/c1-13(2)27-18-10-20(28-15-3-4-17-19(9-15)33-12-26-17)25-11-16(18)21-29-30-22(34-21)23(32)31-7-5-14(24)6-8-31/h3-4,9-14H,5-8,24H2,1-2H3,(H2,25,27,28). The maximum absolute atomic E-state index is 12.9. The van der Waals surface area contributed by atoms with Crippen LogP contribution in [0.15, 0.2) is 36.0 Å². The van der Waals surface area contributed by atoms with Crippen LogP contribution in [-0.4, -0.2) is 56.1 Å². The summed E-state index contributed by atoms with van der Waals surface area (Å²) in [5.41, 5.74) is 11.4. The first-order chi connectivity index (χ1) is 16.5. The molecule has 0 aliphatic carbocycles. The molecule has 1 saturated heterocycles. The molecule has 0 atom stereocenters. The Labute approximate surface area is 205 Å². The third-order valence-electron chi connectivity index (χ3n) is 5.62. The van der Waals surface area contributed by atoms with Gasteiger partial charge >= 0.3 is 0 Å². The van der Waals surface area contributed by atoms with E-state index >= 15 is 0 Å². The summed E-state index contributed by atoms with van der Waals surface area (Å²) in [6.45, 7) is 5.46. The van der Waals surface area contributed by atoms with Gasteiger partial charge in [-0.25, -0.2) is 9.97 Å². The molecule has 11 heteroatoms. The van der Waals surface area contributed by atoms with E-state index in [9.17, 15) is 4.79 Å². The fourth-order valence-electron chi connectivity index (χ4n) is 3.86. The van der Waals surface area contributed by atoms with Crippen LogP contribution in [0.4, 0.5) is 17.2 Å². The Morgan fingerprint density at radius 2 is 2.00 bits per heavy atom. The molecule has 1 fully saturated rings. The number of piperidine rings is 1. The van der Waals surface area contributed by atoms with Gasteiger partial charge in [0.1, 0.15) is 5.82 Å². The molecule has 9 nitrogen and oxygen atoms in total. The quantitative estimate of drug-likeness (QED) is 0.362. The number of anilines is 3. The fraction of sp³-hybridized carbons (Fsp3) is 0.348. The Kier molecular flexibility index (Phi) is 6.40. The van der Waals surface area contributed by atoms with Crippen molar-refractivity contribution in [2.24, 2.45) is 5.73 Å². The Balaban J connectivity index is 1.39. The van der Waals surface area contributed by atoms with Gasteiger partial charge < -0.3 is 21.3 Å². The van der Waals surface area contributed by atoms with Gasteiger partial charge in [0.15, 0.2) is 5.01 Å². The maximum atomic E-state index is 12.9. The molecule has 1 aliphatic rings. The van der Waals surface area contributed by atoms with Gasteiger partial charge in [-0.1, -0.05) is 11.3 Å². The van der Waals surface area contributed by atoms with Gasteiger partial charge in [-0.3, -0.25) is 4.79 Å². The number of hydrogen-bond acceptors (Lipinski definition) is 10. The first kappa shape index (κ1) is 22.6. The number of thiazole rings is 1. The van der Waals surface area contributed by atoms with Crippen molar-refractivity contribution in [3.63, 3.8) is 0 Å². The number of nitrogens with one attached hydrogen (secondary N) is 2. The predicted molar refractivity (Wildman–Crippen MR) is 138 cm³/mol. The van der Waals surface area contributed by atoms with Gasteiger partial charge in [-0.15, -0.1) is 21.5 Å². The van der Waals surface area contributed by atoms with Crippen molar-refractivity contribution < 1.29 is 4.79 Å². The van der Waals surface area contributed by atoms with Crippen molar-refractivity contribution in [2.45, 2.75) is 38.8 Å². The molecule has 3 aromatic heterocycles. The van der Waals surface area contributed by atoms with E-state index in [2.05, 4.69) is 50.7 Å². The lowest BCUT2D eigenvalue weighted by Gasteiger charge is -2.29. The summed E-state index contributed by atoms with van der Waals surface area (Å²) in [6.07, 6.45) is 3.40. The summed E-state index contributed by atoms with van der Waals surface area (Å²) in [4.78, 5) is 23.6. The Morgan fingerprint density at radius 3 is 2.79 bits per heavy atom. The van der Waals surface area contributed by atoms with E-state index in [0.717, 1.165) is 40.0 Å². The average molecular weight is 495 g/mol. The normalized spacial score (nSPS) is 14.6. The molecule has 1 aliphatic heterocycles. The van der Waals surface area contributed by atoms with E-state index in [1.165, 1.54) is 11.3 Å². The van der Waals surface area contributed by atoms with Crippen molar-refractivity contribution in [2.75, 3.05) is 23.7 Å². The number of pyridine rings is 1. The van der Waals surface area contributed by atoms with Crippen LogP contribution >= 0.6 is 22.7 Å². The highest BCUT2D eigenvalue weighted by Gasteiger charge is 2.25. The van der Waals surface area contributed by atoms with Crippen molar-refractivity contribution in [1.29, 1.82) is 0 Å². The van der Waals surface area contributed by atoms with Gasteiger partial charge in [-0.05, 0) is 44.9 Å². The zero-order valence-electron chi connectivity index (χ0n) is 19.0. The first-order valence-electron chi connectivity index (χ1n) is 11.2. The van der Waals surface area contributed by atoms with Crippen molar-refractivity contribution in [1.82, 2.24) is 25.1 Å². The number of hydrogen-bond donors (Lipinski definition) is 3. The van der Waals surface area contributed by atoms with Crippen LogP contribution < -0.4 is 16.4 Å². The largest absolute Gasteiger partial charge is 0.382 e. The van der Waals surface area contributed by atoms with Crippen molar-refractivity contribution in [3.05, 3.63) is 41.0 Å². The number of benzene rings is 1. The summed E-state index contributed by atoms with van der Waals surface area (Å²) in [7, 11) is 0. The molecule has 0 spiro atoms. The van der Waals surface area contributed by atoms with E-state index in [0.29, 0.717) is 28.9 Å². The molecule has 5 rings (SSSR count). The lowest BCUT2D eigenvalue weighted by atomic mass is 10.1. The molecular formula is C23H26N8OS2. The molecule has 1 amide bonds. The third kappa shape index (κ3) is 4.86. The fourth-order valence-corrected chi connectivity index (χ4v) is 5.41. The molecule has 34 heavy (non-hydrogen) atoms. The van der Waals surface area contributed by atoms with Crippen LogP contribution in [-0.2, 0) is 0 Å². The highest BCUT2D eigenvalue weighted by Crippen LogP contribution is 2.33. The van der Waals surface area contributed by atoms with Crippen molar-refractivity contribution >= 4 is 56.0 Å². The van der Waals surface area contributed by atoms with E-state index in [1.54, 1.807) is 17.5 Å². The van der Waals surface area contributed by atoms with Crippen LogP contribution in [0.25, 0.3) is 20.8 Å². The number of likely N-dealkylation sites (tertiary alicyclic amines) is 1. The number of nitrogens with zero attached hydrogens (tertiary/aromatic N) is 5. The minimum atomic E-state index is -0.0845. The molecule has 0 saturated carbocycles. The Morgan fingerprint density at radius 1 is 1.18 bits per heavy atom. The van der Waals surface area contributed by atoms with Crippen LogP contribution in [0.1, 0.15) is 36.5 Å². The number of carbonyl (C=O) groups is 1. The lowest BCUT2D eigenvalue weighted by molar-refractivity contribution is 0.0713. The number of carbonyl (C=O) groups excluding carboxylic acids is 1. The third-order valence-corrected chi connectivity index (χ3v) is 7.35. The second kappa shape index (κ2) is 9.61. The Hall–Kier alpha value is -3.15. The minimum Gasteiger partial charge on any atom is -0.382 e. The summed E-state index contributed by atoms with van der Waals surface area (Å²) in [5.74, 6) is 0.625. The Bertz CT molecular complexity index is 1310. The number of aromatic nitrogens is 4. The van der Waals surface area contributed by atoms with Crippen LogP contribution in [0, 0.1) is 0 Å². The topological polar surface area (TPSA) is 122 Å². The van der Waals surface area contributed by atoms with Crippen LogP contribution in [0.2, 0.25) is 0 Å². The number of fused-ring (bicyclic) bond motifs is 1. The van der Waals surface area contributed by atoms with E-state index < -0.39 is 0 Å². The predicted octanol–water partition coefficient (Wildman–Crippen LogP) is 4.34. The minimum absolute atomic E-state index is 0.0845. The van der Waals surface area contributed by atoms with Gasteiger partial charge in [0.2, 0.25) is 5.01 Å². The zero-order chi connectivity index (χ0) is 23.7. The molecule has 1 aromatic carbocycles. The number of amides is 1. The molecular weight excluding hydrogens is 468 g/mol. The number of nitrogens with two attached hydrogens (primary N) is 1. The molecule has 4 N–H and O–H groups in total. The summed E-state index contributed by atoms with van der Waals surface area (Å²) >= 11 is 2.89. The highest BCUT2D eigenvalue weighted by molar-refractivity contribution is 7.17. The monoisotopic (exact) mass is 494 g/mol. The van der Waals surface area contributed by atoms with Gasteiger partial charge in [0, 0.05) is 48.8 Å².